The summed E-state index contributed by atoms with van der Waals surface area (Å²) in [6.07, 6.45) is 1.86. The molecule has 2 aromatic carbocycles. The highest BCUT2D eigenvalue weighted by atomic mass is 35.5. The summed E-state index contributed by atoms with van der Waals surface area (Å²) in [7, 11) is 0. The fourth-order valence-corrected chi connectivity index (χ4v) is 3.50. The second kappa shape index (κ2) is 9.68. The smallest absolute Gasteiger partial charge is 0.164 e. The molecule has 29 heavy (non-hydrogen) atoms. The number of rotatable bonds is 8. The summed E-state index contributed by atoms with van der Waals surface area (Å²) in [4.78, 5) is 2.34. The molecule has 1 heterocycles. The first-order valence-electron chi connectivity index (χ1n) is 10.1. The van der Waals surface area contributed by atoms with Crippen LogP contribution < -0.4 is 14.2 Å². The van der Waals surface area contributed by atoms with E-state index in [1.165, 1.54) is 12.1 Å². The Hall–Kier alpha value is -1.98. The van der Waals surface area contributed by atoms with Crippen molar-refractivity contribution >= 4 is 11.6 Å². The van der Waals surface area contributed by atoms with E-state index in [0.29, 0.717) is 23.1 Å². The van der Waals surface area contributed by atoms with Crippen LogP contribution >= 0.6 is 11.6 Å². The van der Waals surface area contributed by atoms with Crippen molar-refractivity contribution in [1.82, 2.24) is 4.90 Å². The molecule has 6 heteroatoms. The van der Waals surface area contributed by atoms with Gasteiger partial charge in [-0.2, -0.15) is 0 Å². The van der Waals surface area contributed by atoms with Crippen LogP contribution in [0, 0.1) is 5.82 Å². The van der Waals surface area contributed by atoms with Crippen molar-refractivity contribution < 1.29 is 18.6 Å². The molecule has 0 radical (unpaired) electrons. The Morgan fingerprint density at radius 2 is 1.76 bits per heavy atom. The molecule has 1 aliphatic rings. The van der Waals surface area contributed by atoms with E-state index in [4.69, 9.17) is 25.8 Å². The summed E-state index contributed by atoms with van der Waals surface area (Å²) in [5.41, 5.74) is -0.188. The van der Waals surface area contributed by atoms with Crippen molar-refractivity contribution in [2.45, 2.75) is 45.3 Å². The Kier molecular flexibility index (Phi) is 7.25. The molecule has 2 aromatic rings. The van der Waals surface area contributed by atoms with Gasteiger partial charge in [0.05, 0.1) is 6.10 Å². The Morgan fingerprint density at radius 1 is 1.07 bits per heavy atom. The molecule has 1 fully saturated rings. The fourth-order valence-electron chi connectivity index (χ4n) is 3.37. The molecule has 0 aliphatic carbocycles. The lowest BCUT2D eigenvalue weighted by Gasteiger charge is -2.39. The minimum Gasteiger partial charge on any atom is -0.488 e. The lowest BCUT2D eigenvalue weighted by atomic mass is 9.93. The maximum Gasteiger partial charge on any atom is 0.164 e. The van der Waals surface area contributed by atoms with Crippen LogP contribution in [0.3, 0.4) is 0 Å². The summed E-state index contributed by atoms with van der Waals surface area (Å²) >= 11 is 5.94. The molecule has 3 rings (SSSR count). The summed E-state index contributed by atoms with van der Waals surface area (Å²) in [6.45, 7) is 9.12. The number of ether oxygens (including phenoxy) is 3. The molecule has 0 unspecified atom stereocenters. The molecule has 0 bridgehead atoms. The van der Waals surface area contributed by atoms with Crippen LogP contribution in [0.2, 0.25) is 5.02 Å². The number of likely N-dealkylation sites (tertiary alicyclic amines) is 1. The summed E-state index contributed by atoms with van der Waals surface area (Å²) in [5.74, 6) is 1.54. The summed E-state index contributed by atoms with van der Waals surface area (Å²) in [5, 5.41) is 0.706. The van der Waals surface area contributed by atoms with Crippen LogP contribution in [-0.4, -0.2) is 42.8 Å². The zero-order valence-electron chi connectivity index (χ0n) is 17.3. The van der Waals surface area contributed by atoms with Crippen molar-refractivity contribution in [1.29, 1.82) is 0 Å². The SMILES string of the molecule is CC(C)Oc1ccc(F)cc1OCCN1CCC(C)(Oc2ccc(Cl)cc2)CC1. The van der Waals surface area contributed by atoms with E-state index in [9.17, 15) is 4.39 Å². The number of piperidine rings is 1. The molecule has 1 aliphatic heterocycles. The van der Waals surface area contributed by atoms with Crippen LogP contribution in [0.1, 0.15) is 33.6 Å². The largest absolute Gasteiger partial charge is 0.488 e. The van der Waals surface area contributed by atoms with Gasteiger partial charge in [0.2, 0.25) is 0 Å². The average Bonchev–Trinajstić information content (AvgIpc) is 2.67. The van der Waals surface area contributed by atoms with Crippen LogP contribution in [0.25, 0.3) is 0 Å². The Labute approximate surface area is 177 Å². The van der Waals surface area contributed by atoms with Gasteiger partial charge in [-0.1, -0.05) is 11.6 Å². The van der Waals surface area contributed by atoms with Gasteiger partial charge in [0.15, 0.2) is 11.5 Å². The second-order valence-corrected chi connectivity index (χ2v) is 8.39. The maximum atomic E-state index is 13.6. The lowest BCUT2D eigenvalue weighted by molar-refractivity contribution is 0.0134. The molecule has 0 amide bonds. The van der Waals surface area contributed by atoms with Gasteiger partial charge in [0.1, 0.15) is 23.8 Å². The van der Waals surface area contributed by atoms with Gasteiger partial charge in [0, 0.05) is 30.7 Å². The highest BCUT2D eigenvalue weighted by molar-refractivity contribution is 6.30. The van der Waals surface area contributed by atoms with E-state index in [1.807, 2.05) is 38.1 Å². The number of halogens is 2. The Balaban J connectivity index is 1.47. The monoisotopic (exact) mass is 421 g/mol. The standard InChI is InChI=1S/C23H29ClFNO3/c1-17(2)28-21-9-6-19(25)16-22(21)27-15-14-26-12-10-23(3,11-13-26)29-20-7-4-18(24)5-8-20/h4-9,16-17H,10-15H2,1-3H3. The van der Waals surface area contributed by atoms with Gasteiger partial charge in [-0.15, -0.1) is 0 Å². The molecular formula is C23H29ClFNO3. The normalized spacial score (nSPS) is 16.6. The van der Waals surface area contributed by atoms with E-state index < -0.39 is 0 Å². The topological polar surface area (TPSA) is 30.9 Å². The molecule has 1 saturated heterocycles. The molecule has 0 atom stereocenters. The molecule has 4 nitrogen and oxygen atoms in total. The zero-order chi connectivity index (χ0) is 20.9. The average molecular weight is 422 g/mol. The van der Waals surface area contributed by atoms with Gasteiger partial charge in [-0.25, -0.2) is 4.39 Å². The van der Waals surface area contributed by atoms with Gasteiger partial charge in [-0.3, -0.25) is 4.90 Å². The first kappa shape index (κ1) is 21.7. The van der Waals surface area contributed by atoms with Crippen LogP contribution in [0.5, 0.6) is 17.2 Å². The van der Waals surface area contributed by atoms with E-state index in [1.54, 1.807) is 6.07 Å². The van der Waals surface area contributed by atoms with Crippen LogP contribution in [0.15, 0.2) is 42.5 Å². The molecular weight excluding hydrogens is 393 g/mol. The second-order valence-electron chi connectivity index (χ2n) is 7.95. The minimum absolute atomic E-state index is 0.00298. The van der Waals surface area contributed by atoms with Crippen LogP contribution in [0.4, 0.5) is 4.39 Å². The molecule has 0 aromatic heterocycles. The molecule has 158 valence electrons. The number of hydrogen-bond acceptors (Lipinski definition) is 4. The molecule has 0 N–H and O–H groups in total. The predicted octanol–water partition coefficient (Wildman–Crippen LogP) is 5.58. The van der Waals surface area contributed by atoms with Gasteiger partial charge in [-0.05, 0) is 70.0 Å². The quantitative estimate of drug-likeness (QED) is 0.556. The minimum atomic E-state index is -0.329. The number of nitrogens with zero attached hydrogens (tertiary/aromatic N) is 1. The first-order chi connectivity index (χ1) is 13.8. The summed E-state index contributed by atoms with van der Waals surface area (Å²) < 4.78 is 31.3. The fraction of sp³-hybridized carbons (Fsp3) is 0.478. The third-order valence-corrected chi connectivity index (χ3v) is 5.28. The third kappa shape index (κ3) is 6.51. The van der Waals surface area contributed by atoms with E-state index >= 15 is 0 Å². The van der Waals surface area contributed by atoms with Crippen molar-refractivity contribution in [2.75, 3.05) is 26.2 Å². The zero-order valence-corrected chi connectivity index (χ0v) is 18.0. The Morgan fingerprint density at radius 3 is 2.41 bits per heavy atom. The maximum absolute atomic E-state index is 13.6. The first-order valence-corrected chi connectivity index (χ1v) is 10.5. The van der Waals surface area contributed by atoms with E-state index in [-0.39, 0.29) is 17.5 Å². The number of benzene rings is 2. The molecule has 0 saturated carbocycles. The lowest BCUT2D eigenvalue weighted by Crippen LogP contribution is -2.47. The molecule has 0 spiro atoms. The number of hydrogen-bond donors (Lipinski definition) is 0. The predicted molar refractivity (Wildman–Crippen MR) is 114 cm³/mol. The summed E-state index contributed by atoms with van der Waals surface area (Å²) in [6, 6.07) is 11.9. The Bertz CT molecular complexity index is 789. The highest BCUT2D eigenvalue weighted by Crippen LogP contribution is 2.30. The van der Waals surface area contributed by atoms with Gasteiger partial charge < -0.3 is 14.2 Å². The van der Waals surface area contributed by atoms with Crippen molar-refractivity contribution in [3.05, 3.63) is 53.3 Å². The third-order valence-electron chi connectivity index (χ3n) is 5.03. The van der Waals surface area contributed by atoms with E-state index in [2.05, 4.69) is 11.8 Å². The van der Waals surface area contributed by atoms with Crippen molar-refractivity contribution in [2.24, 2.45) is 0 Å². The van der Waals surface area contributed by atoms with Crippen molar-refractivity contribution in [3.8, 4) is 17.2 Å². The highest BCUT2D eigenvalue weighted by Gasteiger charge is 2.32. The van der Waals surface area contributed by atoms with Gasteiger partial charge in [0.25, 0.3) is 0 Å². The van der Waals surface area contributed by atoms with Crippen LogP contribution in [-0.2, 0) is 0 Å². The van der Waals surface area contributed by atoms with E-state index in [0.717, 1.165) is 38.2 Å². The van der Waals surface area contributed by atoms with Crippen molar-refractivity contribution in [3.63, 3.8) is 0 Å². The van der Waals surface area contributed by atoms with Gasteiger partial charge >= 0.3 is 0 Å².